The minimum Gasteiger partial charge on any atom is -0.392 e. The highest BCUT2D eigenvalue weighted by atomic mass is 16.3. The minimum absolute atomic E-state index is 0.0381. The van der Waals surface area contributed by atoms with Crippen LogP contribution in [0.2, 0.25) is 0 Å². The molecule has 0 radical (unpaired) electrons. The molecule has 0 amide bonds. The first-order chi connectivity index (χ1) is 6.66. The number of benzene rings is 1. The van der Waals surface area contributed by atoms with E-state index in [1.807, 2.05) is 50.3 Å². The molecule has 0 saturated heterocycles. The standard InChI is InChI=1S/C13H18O/c1-4-12(13(14)10(2)3)11-8-6-5-7-9-11/h4-10,12-14H,1H2,2-3H3/t12-,13-/m1/s1. The number of hydrogen-bond donors (Lipinski definition) is 1. The van der Waals surface area contributed by atoms with Crippen molar-refractivity contribution in [2.45, 2.75) is 25.9 Å². The lowest BCUT2D eigenvalue weighted by molar-refractivity contribution is 0.111. The van der Waals surface area contributed by atoms with Crippen molar-refractivity contribution < 1.29 is 5.11 Å². The average molecular weight is 190 g/mol. The second-order valence-corrected chi connectivity index (χ2v) is 3.91. The molecular formula is C13H18O. The van der Waals surface area contributed by atoms with Crippen LogP contribution in [0.25, 0.3) is 0 Å². The van der Waals surface area contributed by atoms with Gasteiger partial charge in [-0.15, -0.1) is 6.58 Å². The van der Waals surface area contributed by atoms with Gasteiger partial charge in [0.25, 0.3) is 0 Å². The van der Waals surface area contributed by atoms with Crippen LogP contribution in [-0.2, 0) is 0 Å². The van der Waals surface area contributed by atoms with Crippen LogP contribution < -0.4 is 0 Å². The van der Waals surface area contributed by atoms with Gasteiger partial charge in [-0.2, -0.15) is 0 Å². The number of rotatable bonds is 4. The Balaban J connectivity index is 2.88. The van der Waals surface area contributed by atoms with Crippen molar-refractivity contribution in [1.82, 2.24) is 0 Å². The molecule has 1 rings (SSSR count). The molecule has 76 valence electrons. The summed E-state index contributed by atoms with van der Waals surface area (Å²) in [6.07, 6.45) is 1.47. The summed E-state index contributed by atoms with van der Waals surface area (Å²) in [6.45, 7) is 7.82. The molecule has 0 aromatic heterocycles. The largest absolute Gasteiger partial charge is 0.392 e. The zero-order valence-corrected chi connectivity index (χ0v) is 8.85. The van der Waals surface area contributed by atoms with Crippen molar-refractivity contribution in [2.24, 2.45) is 5.92 Å². The molecule has 0 fully saturated rings. The Morgan fingerprint density at radius 3 is 2.21 bits per heavy atom. The predicted octanol–water partition coefficient (Wildman–Crippen LogP) is 2.97. The predicted molar refractivity (Wildman–Crippen MR) is 60.2 cm³/mol. The Morgan fingerprint density at radius 2 is 1.79 bits per heavy atom. The van der Waals surface area contributed by atoms with Crippen LogP contribution in [0.3, 0.4) is 0 Å². The van der Waals surface area contributed by atoms with Gasteiger partial charge in [-0.3, -0.25) is 0 Å². The first kappa shape index (κ1) is 11.0. The van der Waals surface area contributed by atoms with Crippen LogP contribution in [0.1, 0.15) is 25.3 Å². The maximum absolute atomic E-state index is 9.97. The van der Waals surface area contributed by atoms with E-state index in [0.717, 1.165) is 5.56 Å². The highest BCUT2D eigenvalue weighted by Gasteiger charge is 2.20. The molecule has 1 N–H and O–H groups in total. The van der Waals surface area contributed by atoms with Crippen LogP contribution in [0, 0.1) is 5.92 Å². The van der Waals surface area contributed by atoms with Gasteiger partial charge in [0.1, 0.15) is 0 Å². The van der Waals surface area contributed by atoms with E-state index >= 15 is 0 Å². The fourth-order valence-corrected chi connectivity index (χ4v) is 1.56. The first-order valence-corrected chi connectivity index (χ1v) is 5.02. The summed E-state index contributed by atoms with van der Waals surface area (Å²) in [5.41, 5.74) is 1.13. The SMILES string of the molecule is C=C[C@H](c1ccccc1)[C@H](O)C(C)C. The summed E-state index contributed by atoms with van der Waals surface area (Å²) in [6, 6.07) is 10.00. The topological polar surface area (TPSA) is 20.2 Å². The van der Waals surface area contributed by atoms with E-state index in [9.17, 15) is 5.11 Å². The molecule has 2 atom stereocenters. The molecule has 1 nitrogen and oxygen atoms in total. The van der Waals surface area contributed by atoms with E-state index in [1.54, 1.807) is 0 Å². The second-order valence-electron chi connectivity index (χ2n) is 3.91. The van der Waals surface area contributed by atoms with E-state index in [0.29, 0.717) is 0 Å². The normalized spacial score (nSPS) is 15.1. The zero-order valence-electron chi connectivity index (χ0n) is 8.85. The summed E-state index contributed by atoms with van der Waals surface area (Å²) < 4.78 is 0. The second kappa shape index (κ2) is 4.97. The van der Waals surface area contributed by atoms with E-state index < -0.39 is 0 Å². The molecular weight excluding hydrogens is 172 g/mol. The molecule has 0 heterocycles. The molecule has 0 unspecified atom stereocenters. The van der Waals surface area contributed by atoms with Gasteiger partial charge in [-0.1, -0.05) is 50.3 Å². The van der Waals surface area contributed by atoms with E-state index in [4.69, 9.17) is 0 Å². The molecule has 0 spiro atoms. The zero-order chi connectivity index (χ0) is 10.6. The van der Waals surface area contributed by atoms with Crippen molar-refractivity contribution in [3.05, 3.63) is 48.6 Å². The Labute approximate surface area is 86.1 Å². The Kier molecular flexibility index (Phi) is 3.90. The maximum Gasteiger partial charge on any atom is 0.0666 e. The van der Waals surface area contributed by atoms with Gasteiger partial charge >= 0.3 is 0 Å². The quantitative estimate of drug-likeness (QED) is 0.724. The summed E-state index contributed by atoms with van der Waals surface area (Å²) in [5.74, 6) is 0.286. The van der Waals surface area contributed by atoms with Crippen molar-refractivity contribution in [3.63, 3.8) is 0 Å². The maximum atomic E-state index is 9.97. The highest BCUT2D eigenvalue weighted by Crippen LogP contribution is 2.24. The van der Waals surface area contributed by atoms with E-state index in [2.05, 4.69) is 6.58 Å². The Hall–Kier alpha value is -1.08. The van der Waals surface area contributed by atoms with Gasteiger partial charge < -0.3 is 5.11 Å². The van der Waals surface area contributed by atoms with E-state index in [1.165, 1.54) is 0 Å². The summed E-state index contributed by atoms with van der Waals surface area (Å²) in [7, 11) is 0. The molecule has 14 heavy (non-hydrogen) atoms. The molecule has 1 aromatic carbocycles. The summed E-state index contributed by atoms with van der Waals surface area (Å²) in [4.78, 5) is 0. The Bertz CT molecular complexity index is 277. The molecule has 1 heteroatoms. The van der Waals surface area contributed by atoms with Gasteiger partial charge in [0, 0.05) is 5.92 Å². The third-order valence-electron chi connectivity index (χ3n) is 2.49. The molecule has 1 aromatic rings. The van der Waals surface area contributed by atoms with Gasteiger partial charge in [-0.05, 0) is 11.5 Å². The van der Waals surface area contributed by atoms with Crippen molar-refractivity contribution in [2.75, 3.05) is 0 Å². The van der Waals surface area contributed by atoms with Gasteiger partial charge in [0.2, 0.25) is 0 Å². The third kappa shape index (κ3) is 2.46. The molecule has 0 saturated carbocycles. The average Bonchev–Trinajstić information content (AvgIpc) is 2.20. The molecule has 0 aliphatic heterocycles. The summed E-state index contributed by atoms with van der Waals surface area (Å²) >= 11 is 0. The first-order valence-electron chi connectivity index (χ1n) is 5.02. The summed E-state index contributed by atoms with van der Waals surface area (Å²) in [5, 5.41) is 9.97. The van der Waals surface area contributed by atoms with Crippen molar-refractivity contribution >= 4 is 0 Å². The Morgan fingerprint density at radius 1 is 1.21 bits per heavy atom. The monoisotopic (exact) mass is 190 g/mol. The fourth-order valence-electron chi connectivity index (χ4n) is 1.56. The van der Waals surface area contributed by atoms with Crippen LogP contribution in [-0.4, -0.2) is 11.2 Å². The number of hydrogen-bond acceptors (Lipinski definition) is 1. The van der Waals surface area contributed by atoms with Crippen molar-refractivity contribution in [3.8, 4) is 0 Å². The third-order valence-corrected chi connectivity index (χ3v) is 2.49. The highest BCUT2D eigenvalue weighted by molar-refractivity contribution is 5.24. The van der Waals surface area contributed by atoms with Crippen LogP contribution >= 0.6 is 0 Å². The molecule has 0 aliphatic carbocycles. The number of aliphatic hydroxyl groups is 1. The van der Waals surface area contributed by atoms with Crippen LogP contribution in [0.5, 0.6) is 0 Å². The minimum atomic E-state index is -0.352. The molecule has 0 bridgehead atoms. The van der Waals surface area contributed by atoms with Gasteiger partial charge in [-0.25, -0.2) is 0 Å². The lowest BCUT2D eigenvalue weighted by atomic mass is 9.87. The fraction of sp³-hybridized carbons (Fsp3) is 0.385. The van der Waals surface area contributed by atoms with Gasteiger partial charge in [0.05, 0.1) is 6.10 Å². The molecule has 0 aliphatic rings. The van der Waals surface area contributed by atoms with Crippen molar-refractivity contribution in [1.29, 1.82) is 0 Å². The lowest BCUT2D eigenvalue weighted by Gasteiger charge is -2.23. The van der Waals surface area contributed by atoms with Crippen LogP contribution in [0.15, 0.2) is 43.0 Å². The lowest BCUT2D eigenvalue weighted by Crippen LogP contribution is -2.22. The smallest absolute Gasteiger partial charge is 0.0666 e. The van der Waals surface area contributed by atoms with Crippen LogP contribution in [0.4, 0.5) is 0 Å². The number of aliphatic hydroxyl groups excluding tert-OH is 1. The van der Waals surface area contributed by atoms with E-state index in [-0.39, 0.29) is 17.9 Å². The van der Waals surface area contributed by atoms with Gasteiger partial charge in [0.15, 0.2) is 0 Å².